The largest absolute Gasteiger partial charge is 0.349 e. The quantitative estimate of drug-likeness (QED) is 0.450. The molecule has 1 N–H and O–H groups in total. The van der Waals surface area contributed by atoms with Crippen LogP contribution in [-0.2, 0) is 12.8 Å². The number of nitrogens with zero attached hydrogens (tertiary/aromatic N) is 7. The second-order valence-electron chi connectivity index (χ2n) is 8.32. The van der Waals surface area contributed by atoms with Crippen LogP contribution >= 0.6 is 0 Å². The van der Waals surface area contributed by atoms with Crippen LogP contribution in [0.25, 0.3) is 27.8 Å². The summed E-state index contributed by atoms with van der Waals surface area (Å²) in [4.78, 5) is 26.3. The van der Waals surface area contributed by atoms with E-state index in [0.717, 1.165) is 58.4 Å². The van der Waals surface area contributed by atoms with Crippen LogP contribution < -0.4 is 5.32 Å². The van der Waals surface area contributed by atoms with E-state index in [-0.39, 0.29) is 11.9 Å². The number of amides is 1. The van der Waals surface area contributed by atoms with Gasteiger partial charge in [-0.2, -0.15) is 0 Å². The minimum absolute atomic E-state index is 0.0507. The predicted octanol–water partition coefficient (Wildman–Crippen LogP) is 2.95. The molecule has 9 nitrogen and oxygen atoms in total. The summed E-state index contributed by atoms with van der Waals surface area (Å²) in [5.74, 6) is -0.0906. The highest BCUT2D eigenvalue weighted by atomic mass is 16.1. The van der Waals surface area contributed by atoms with E-state index in [1.807, 2.05) is 30.5 Å². The average molecular weight is 448 g/mol. The first-order valence-electron chi connectivity index (χ1n) is 11.1. The van der Waals surface area contributed by atoms with E-state index in [1.54, 1.807) is 29.2 Å². The van der Waals surface area contributed by atoms with Gasteiger partial charge >= 0.3 is 0 Å². The first kappa shape index (κ1) is 20.1. The van der Waals surface area contributed by atoms with Crippen molar-refractivity contribution < 1.29 is 4.79 Å². The zero-order valence-corrected chi connectivity index (χ0v) is 18.2. The van der Waals surface area contributed by atoms with Gasteiger partial charge in [0.25, 0.3) is 5.91 Å². The van der Waals surface area contributed by atoms with E-state index >= 15 is 0 Å². The minimum Gasteiger partial charge on any atom is -0.349 e. The normalized spacial score (nSPS) is 15.1. The number of pyridine rings is 3. The Morgan fingerprint density at radius 2 is 1.88 bits per heavy atom. The summed E-state index contributed by atoms with van der Waals surface area (Å²) in [6.07, 6.45) is 9.31. The monoisotopic (exact) mass is 448 g/mol. The Morgan fingerprint density at radius 3 is 2.68 bits per heavy atom. The summed E-state index contributed by atoms with van der Waals surface area (Å²) in [7, 11) is 0. The fraction of sp³-hybridized carbons (Fsp3) is 0.160. The number of carbonyl (C=O) groups is 1. The summed E-state index contributed by atoms with van der Waals surface area (Å²) in [6, 6.07) is 15.5. The molecule has 34 heavy (non-hydrogen) atoms. The van der Waals surface area contributed by atoms with Gasteiger partial charge in [-0.1, -0.05) is 0 Å². The third-order valence-corrected chi connectivity index (χ3v) is 6.12. The number of fused-ring (bicyclic) bond motifs is 2. The fourth-order valence-corrected chi connectivity index (χ4v) is 4.36. The number of rotatable bonds is 4. The van der Waals surface area contributed by atoms with E-state index in [2.05, 4.69) is 42.9 Å². The number of aromatic nitrogens is 7. The Hall–Kier alpha value is -4.53. The summed E-state index contributed by atoms with van der Waals surface area (Å²) in [5.41, 5.74) is 6.47. The van der Waals surface area contributed by atoms with Crippen LogP contribution in [0.2, 0.25) is 0 Å². The molecule has 1 aliphatic carbocycles. The number of nitrogens with one attached hydrogen (secondary N) is 1. The molecule has 166 valence electrons. The topological polar surface area (TPSA) is 111 Å². The van der Waals surface area contributed by atoms with Crippen molar-refractivity contribution in [2.45, 2.75) is 25.3 Å². The minimum atomic E-state index is -0.0906. The van der Waals surface area contributed by atoms with Gasteiger partial charge in [0, 0.05) is 46.8 Å². The highest BCUT2D eigenvalue weighted by Gasteiger charge is 2.22. The van der Waals surface area contributed by atoms with E-state index in [0.29, 0.717) is 5.56 Å². The van der Waals surface area contributed by atoms with Crippen molar-refractivity contribution in [3.63, 3.8) is 0 Å². The Bertz CT molecular complexity index is 1470. The molecule has 0 spiro atoms. The van der Waals surface area contributed by atoms with Crippen LogP contribution in [-0.4, -0.2) is 47.1 Å². The first-order chi connectivity index (χ1) is 16.7. The third kappa shape index (κ3) is 3.88. The molecule has 4 heterocycles. The molecule has 5 aromatic rings. The maximum Gasteiger partial charge on any atom is 0.251 e. The fourth-order valence-electron chi connectivity index (χ4n) is 4.36. The molecule has 1 amide bonds. The van der Waals surface area contributed by atoms with Crippen molar-refractivity contribution in [1.29, 1.82) is 0 Å². The summed E-state index contributed by atoms with van der Waals surface area (Å²) in [6.45, 7) is 0. The molecular weight excluding hydrogens is 428 g/mol. The third-order valence-electron chi connectivity index (χ3n) is 6.12. The number of aryl methyl sites for hydroxylation is 1. The van der Waals surface area contributed by atoms with Crippen molar-refractivity contribution in [3.05, 3.63) is 90.3 Å². The maximum atomic E-state index is 12.8. The van der Waals surface area contributed by atoms with Gasteiger partial charge in [-0.3, -0.25) is 9.78 Å². The second kappa shape index (κ2) is 8.43. The SMILES string of the molecule is O=C(N[C@@H]1CCc2nc3ncc(-c4ccncc4)cc3cc2C1)c1ccc(-n2cnnn2)cc1. The molecule has 1 aliphatic rings. The van der Waals surface area contributed by atoms with E-state index in [9.17, 15) is 4.79 Å². The molecular formula is C25H20N8O. The summed E-state index contributed by atoms with van der Waals surface area (Å²) < 4.78 is 1.55. The van der Waals surface area contributed by atoms with Crippen LogP contribution in [0.3, 0.4) is 0 Å². The lowest BCUT2D eigenvalue weighted by atomic mass is 9.90. The van der Waals surface area contributed by atoms with Crippen LogP contribution in [0, 0.1) is 0 Å². The highest BCUT2D eigenvalue weighted by molar-refractivity contribution is 5.94. The molecule has 9 heteroatoms. The number of benzene rings is 1. The van der Waals surface area contributed by atoms with Gasteiger partial charge in [0.1, 0.15) is 6.33 Å². The lowest BCUT2D eigenvalue weighted by Crippen LogP contribution is -2.39. The first-order valence-corrected chi connectivity index (χ1v) is 11.1. The molecule has 1 atom stereocenters. The van der Waals surface area contributed by atoms with Crippen LogP contribution in [0.5, 0.6) is 0 Å². The molecule has 1 aromatic carbocycles. The molecule has 0 saturated carbocycles. The van der Waals surface area contributed by atoms with Gasteiger partial charge in [-0.15, -0.1) is 5.10 Å². The van der Waals surface area contributed by atoms with Crippen LogP contribution in [0.15, 0.2) is 73.4 Å². The van der Waals surface area contributed by atoms with E-state index < -0.39 is 0 Å². The van der Waals surface area contributed by atoms with Crippen molar-refractivity contribution in [2.75, 3.05) is 0 Å². The number of hydrogen-bond acceptors (Lipinski definition) is 7. The van der Waals surface area contributed by atoms with Gasteiger partial charge in [0.05, 0.1) is 5.69 Å². The maximum absolute atomic E-state index is 12.8. The zero-order valence-electron chi connectivity index (χ0n) is 18.2. The van der Waals surface area contributed by atoms with Crippen molar-refractivity contribution >= 4 is 16.9 Å². The summed E-state index contributed by atoms with van der Waals surface area (Å²) >= 11 is 0. The van der Waals surface area contributed by atoms with Gasteiger partial charge in [-0.25, -0.2) is 14.6 Å². The highest BCUT2D eigenvalue weighted by Crippen LogP contribution is 2.27. The molecule has 0 aliphatic heterocycles. The van der Waals surface area contributed by atoms with Crippen molar-refractivity contribution in [2.24, 2.45) is 0 Å². The molecule has 6 rings (SSSR count). The van der Waals surface area contributed by atoms with Crippen LogP contribution in [0.4, 0.5) is 0 Å². The van der Waals surface area contributed by atoms with Gasteiger partial charge in [0.15, 0.2) is 5.65 Å². The van der Waals surface area contributed by atoms with Crippen LogP contribution in [0.1, 0.15) is 28.0 Å². The van der Waals surface area contributed by atoms with Gasteiger partial charge in [0.2, 0.25) is 0 Å². The Labute approximate surface area is 194 Å². The number of carbonyl (C=O) groups excluding carboxylic acids is 1. The Balaban J connectivity index is 1.19. The second-order valence-corrected chi connectivity index (χ2v) is 8.32. The number of tetrazole rings is 1. The number of hydrogen-bond donors (Lipinski definition) is 1. The standard InChI is InChI=1S/C25H20N8O/c34-25(17-1-4-22(5-2-17)33-15-28-31-32-33)29-21-3-6-23-18(13-21)11-19-12-20(14-27-24(19)30-23)16-7-9-26-10-8-16/h1-2,4-5,7-12,14-15,21H,3,6,13H2,(H,29,34)/t21-/m1/s1. The summed E-state index contributed by atoms with van der Waals surface area (Å²) in [5, 5.41) is 15.3. The smallest absolute Gasteiger partial charge is 0.251 e. The molecule has 0 bridgehead atoms. The Kier molecular flexibility index (Phi) is 4.99. The molecule has 0 unspecified atom stereocenters. The zero-order chi connectivity index (χ0) is 22.9. The van der Waals surface area contributed by atoms with Crippen molar-refractivity contribution in [1.82, 2.24) is 40.5 Å². The Morgan fingerprint density at radius 1 is 1.03 bits per heavy atom. The lowest BCUT2D eigenvalue weighted by molar-refractivity contribution is 0.0933. The lowest BCUT2D eigenvalue weighted by Gasteiger charge is -2.25. The van der Waals surface area contributed by atoms with Gasteiger partial charge < -0.3 is 5.32 Å². The molecule has 4 aromatic heterocycles. The van der Waals surface area contributed by atoms with E-state index in [4.69, 9.17) is 4.98 Å². The molecule has 0 saturated heterocycles. The predicted molar refractivity (Wildman–Crippen MR) is 125 cm³/mol. The molecule has 0 fully saturated rings. The van der Waals surface area contributed by atoms with Gasteiger partial charge in [-0.05, 0) is 89.3 Å². The van der Waals surface area contributed by atoms with E-state index in [1.165, 1.54) is 6.33 Å². The average Bonchev–Trinajstić information content (AvgIpc) is 3.43. The molecule has 0 radical (unpaired) electrons. The van der Waals surface area contributed by atoms with Crippen molar-refractivity contribution in [3.8, 4) is 16.8 Å².